The van der Waals surface area contributed by atoms with E-state index in [0.29, 0.717) is 36.3 Å². The van der Waals surface area contributed by atoms with E-state index in [0.717, 1.165) is 12.1 Å². The Kier molecular flexibility index (Phi) is 7.25. The van der Waals surface area contributed by atoms with E-state index < -0.39 is 11.7 Å². The fourth-order valence-corrected chi connectivity index (χ4v) is 2.37. The standard InChI is InChI=1S/C20H22F3NO4/c1-4-26-19(25)10-6-14-5-8-16(27-13(2)3)11-17(14)28-18-9-7-15(12-24-18)20(21,22)23/h5,7-9,11-13H,4,6,10H2,1-3H3. The van der Waals surface area contributed by atoms with Crippen molar-refractivity contribution in [3.05, 3.63) is 47.7 Å². The van der Waals surface area contributed by atoms with Gasteiger partial charge < -0.3 is 14.2 Å². The van der Waals surface area contributed by atoms with Crippen LogP contribution in [0.4, 0.5) is 13.2 Å². The number of nitrogens with zero attached hydrogens (tertiary/aromatic N) is 1. The maximum absolute atomic E-state index is 12.7. The molecule has 0 radical (unpaired) electrons. The van der Waals surface area contributed by atoms with E-state index >= 15 is 0 Å². The van der Waals surface area contributed by atoms with Gasteiger partial charge in [-0.05, 0) is 44.9 Å². The molecule has 5 nitrogen and oxygen atoms in total. The van der Waals surface area contributed by atoms with Gasteiger partial charge in [0.05, 0.1) is 18.3 Å². The number of hydrogen-bond acceptors (Lipinski definition) is 5. The van der Waals surface area contributed by atoms with Gasteiger partial charge >= 0.3 is 12.1 Å². The van der Waals surface area contributed by atoms with Gasteiger partial charge in [-0.1, -0.05) is 6.07 Å². The zero-order valence-electron chi connectivity index (χ0n) is 15.9. The van der Waals surface area contributed by atoms with Crippen LogP contribution in [-0.2, 0) is 22.1 Å². The lowest BCUT2D eigenvalue weighted by molar-refractivity contribution is -0.143. The number of alkyl halides is 3. The molecule has 1 aromatic carbocycles. The molecule has 0 aliphatic rings. The number of hydrogen-bond donors (Lipinski definition) is 0. The van der Waals surface area contributed by atoms with Crippen molar-refractivity contribution < 1.29 is 32.2 Å². The average Bonchev–Trinajstić information content (AvgIpc) is 2.60. The van der Waals surface area contributed by atoms with Crippen LogP contribution in [0.5, 0.6) is 17.4 Å². The SMILES string of the molecule is CCOC(=O)CCc1ccc(OC(C)C)cc1Oc1ccc(C(F)(F)F)cn1. The first-order valence-electron chi connectivity index (χ1n) is 8.85. The Labute approximate surface area is 161 Å². The Bertz CT molecular complexity index is 789. The number of esters is 1. The first kappa shape index (κ1) is 21.5. The molecule has 0 fully saturated rings. The highest BCUT2D eigenvalue weighted by Gasteiger charge is 2.30. The van der Waals surface area contributed by atoms with Crippen LogP contribution in [0.1, 0.15) is 38.3 Å². The number of carbonyl (C=O) groups is 1. The van der Waals surface area contributed by atoms with Crippen molar-refractivity contribution >= 4 is 5.97 Å². The van der Waals surface area contributed by atoms with Crippen LogP contribution in [0.3, 0.4) is 0 Å². The van der Waals surface area contributed by atoms with Gasteiger partial charge in [0.25, 0.3) is 0 Å². The molecule has 152 valence electrons. The molecule has 1 aromatic heterocycles. The minimum atomic E-state index is -4.47. The molecule has 0 aliphatic heterocycles. The smallest absolute Gasteiger partial charge is 0.417 e. The molecule has 1 heterocycles. The Morgan fingerprint density at radius 2 is 1.93 bits per heavy atom. The molecule has 0 N–H and O–H groups in total. The van der Waals surface area contributed by atoms with Crippen LogP contribution < -0.4 is 9.47 Å². The van der Waals surface area contributed by atoms with Gasteiger partial charge in [-0.2, -0.15) is 13.2 Å². The molecule has 28 heavy (non-hydrogen) atoms. The topological polar surface area (TPSA) is 57.7 Å². The monoisotopic (exact) mass is 397 g/mol. The molecule has 0 aliphatic carbocycles. The second-order valence-corrected chi connectivity index (χ2v) is 6.23. The molecule has 0 atom stereocenters. The number of rotatable bonds is 8. The molecular weight excluding hydrogens is 375 g/mol. The minimum absolute atomic E-state index is 0.00656. The largest absolute Gasteiger partial charge is 0.491 e. The van der Waals surface area contributed by atoms with E-state index in [1.54, 1.807) is 25.1 Å². The zero-order chi connectivity index (χ0) is 20.7. The lowest BCUT2D eigenvalue weighted by Crippen LogP contribution is -2.08. The Balaban J connectivity index is 2.23. The quantitative estimate of drug-likeness (QED) is 0.575. The van der Waals surface area contributed by atoms with E-state index in [-0.39, 0.29) is 24.4 Å². The van der Waals surface area contributed by atoms with Crippen molar-refractivity contribution in [1.29, 1.82) is 0 Å². The Morgan fingerprint density at radius 3 is 2.50 bits per heavy atom. The molecule has 0 saturated carbocycles. The highest BCUT2D eigenvalue weighted by molar-refractivity contribution is 5.69. The molecule has 0 bridgehead atoms. The lowest BCUT2D eigenvalue weighted by atomic mass is 10.1. The summed E-state index contributed by atoms with van der Waals surface area (Å²) in [6.45, 7) is 5.75. The van der Waals surface area contributed by atoms with Crippen molar-refractivity contribution in [3.63, 3.8) is 0 Å². The van der Waals surface area contributed by atoms with Gasteiger partial charge in [-0.15, -0.1) is 0 Å². The van der Waals surface area contributed by atoms with Crippen LogP contribution in [-0.4, -0.2) is 23.7 Å². The van der Waals surface area contributed by atoms with Gasteiger partial charge in [0.1, 0.15) is 11.5 Å². The summed E-state index contributed by atoms with van der Waals surface area (Å²) in [7, 11) is 0. The van der Waals surface area contributed by atoms with Crippen molar-refractivity contribution in [2.75, 3.05) is 6.61 Å². The summed E-state index contributed by atoms with van der Waals surface area (Å²) < 4.78 is 54.3. The normalized spacial score (nSPS) is 11.4. The molecule has 2 rings (SSSR count). The van der Waals surface area contributed by atoms with E-state index in [4.69, 9.17) is 14.2 Å². The number of halogens is 3. The maximum Gasteiger partial charge on any atom is 0.417 e. The lowest BCUT2D eigenvalue weighted by Gasteiger charge is -2.15. The van der Waals surface area contributed by atoms with Gasteiger partial charge in [0, 0.05) is 24.8 Å². The summed E-state index contributed by atoms with van der Waals surface area (Å²) in [4.78, 5) is 15.3. The third-order valence-corrected chi connectivity index (χ3v) is 3.59. The summed E-state index contributed by atoms with van der Waals surface area (Å²) in [6, 6.07) is 7.16. The van der Waals surface area contributed by atoms with Crippen LogP contribution in [0, 0.1) is 0 Å². The van der Waals surface area contributed by atoms with Gasteiger partial charge in [-0.3, -0.25) is 4.79 Å². The van der Waals surface area contributed by atoms with Crippen molar-refractivity contribution in [2.24, 2.45) is 0 Å². The Morgan fingerprint density at radius 1 is 1.18 bits per heavy atom. The fourth-order valence-electron chi connectivity index (χ4n) is 2.37. The second-order valence-electron chi connectivity index (χ2n) is 6.23. The highest BCUT2D eigenvalue weighted by Crippen LogP contribution is 2.32. The third kappa shape index (κ3) is 6.44. The summed E-state index contributed by atoms with van der Waals surface area (Å²) >= 11 is 0. The minimum Gasteiger partial charge on any atom is -0.491 e. The van der Waals surface area contributed by atoms with Crippen molar-refractivity contribution in [1.82, 2.24) is 4.98 Å². The van der Waals surface area contributed by atoms with Crippen LogP contribution in [0.15, 0.2) is 36.5 Å². The maximum atomic E-state index is 12.7. The number of benzene rings is 1. The fraction of sp³-hybridized carbons (Fsp3) is 0.400. The second kappa shape index (κ2) is 9.43. The number of ether oxygens (including phenoxy) is 3. The van der Waals surface area contributed by atoms with Gasteiger partial charge in [-0.25, -0.2) is 4.98 Å². The number of pyridine rings is 1. The van der Waals surface area contributed by atoms with Gasteiger partial charge in [0.15, 0.2) is 0 Å². The summed E-state index contributed by atoms with van der Waals surface area (Å²) in [5.41, 5.74) is -0.176. The van der Waals surface area contributed by atoms with E-state index in [9.17, 15) is 18.0 Å². The molecule has 0 saturated heterocycles. The number of aryl methyl sites for hydroxylation is 1. The number of aromatic nitrogens is 1. The van der Waals surface area contributed by atoms with Crippen molar-refractivity contribution in [2.45, 2.75) is 45.9 Å². The average molecular weight is 397 g/mol. The molecular formula is C20H22F3NO4. The Hall–Kier alpha value is -2.77. The highest BCUT2D eigenvalue weighted by atomic mass is 19.4. The first-order valence-corrected chi connectivity index (χ1v) is 8.85. The molecule has 8 heteroatoms. The summed E-state index contributed by atoms with van der Waals surface area (Å²) in [5, 5.41) is 0. The predicted molar refractivity (Wildman–Crippen MR) is 96.5 cm³/mol. The summed E-state index contributed by atoms with van der Waals surface area (Å²) in [5.74, 6) is 0.558. The van der Waals surface area contributed by atoms with Crippen LogP contribution in [0.25, 0.3) is 0 Å². The van der Waals surface area contributed by atoms with Crippen LogP contribution >= 0.6 is 0 Å². The molecule has 0 unspecified atom stereocenters. The summed E-state index contributed by atoms with van der Waals surface area (Å²) in [6.07, 6.45) is -3.34. The molecule has 2 aromatic rings. The number of carbonyl (C=O) groups excluding carboxylic acids is 1. The van der Waals surface area contributed by atoms with E-state index in [1.807, 2.05) is 13.8 Å². The van der Waals surface area contributed by atoms with Gasteiger partial charge in [0.2, 0.25) is 5.88 Å². The van der Waals surface area contributed by atoms with E-state index in [1.165, 1.54) is 0 Å². The predicted octanol–water partition coefficient (Wildman–Crippen LogP) is 5.18. The molecule has 0 amide bonds. The first-order chi connectivity index (χ1) is 13.2. The molecule has 0 spiro atoms. The third-order valence-electron chi connectivity index (χ3n) is 3.59. The van der Waals surface area contributed by atoms with E-state index in [2.05, 4.69) is 4.98 Å². The van der Waals surface area contributed by atoms with Crippen molar-refractivity contribution in [3.8, 4) is 17.4 Å². The van der Waals surface area contributed by atoms with Crippen LogP contribution in [0.2, 0.25) is 0 Å². The zero-order valence-corrected chi connectivity index (χ0v) is 15.9.